The molecule has 0 aromatic heterocycles. The first-order valence-corrected chi connectivity index (χ1v) is 10.3. The molecular formula is C18H26N2O3S. The Morgan fingerprint density at radius 1 is 1.12 bits per heavy atom. The average molecular weight is 350 g/mol. The average Bonchev–Trinajstić information content (AvgIpc) is 3.45. The van der Waals surface area contributed by atoms with E-state index in [-0.39, 0.29) is 11.8 Å². The predicted molar refractivity (Wildman–Crippen MR) is 93.2 cm³/mol. The molecule has 0 bridgehead atoms. The van der Waals surface area contributed by atoms with Gasteiger partial charge in [0.25, 0.3) is 0 Å². The van der Waals surface area contributed by atoms with Crippen LogP contribution in [0.15, 0.2) is 29.2 Å². The highest BCUT2D eigenvalue weighted by Gasteiger charge is 2.36. The van der Waals surface area contributed by atoms with Gasteiger partial charge in [0.15, 0.2) is 0 Å². The molecule has 1 atom stereocenters. The molecule has 2 fully saturated rings. The van der Waals surface area contributed by atoms with Gasteiger partial charge in [-0.3, -0.25) is 4.79 Å². The molecule has 132 valence electrons. The summed E-state index contributed by atoms with van der Waals surface area (Å²) in [4.78, 5) is 14.2. The van der Waals surface area contributed by atoms with Gasteiger partial charge < -0.3 is 4.90 Å². The lowest BCUT2D eigenvalue weighted by atomic mass is 9.99. The number of carbonyl (C=O) groups is 1. The van der Waals surface area contributed by atoms with Crippen molar-refractivity contribution in [2.75, 3.05) is 26.2 Å². The number of hydrogen-bond donors (Lipinski definition) is 0. The van der Waals surface area contributed by atoms with E-state index >= 15 is 0 Å². The molecule has 1 aromatic carbocycles. The van der Waals surface area contributed by atoms with E-state index in [1.807, 2.05) is 17.0 Å². The Bertz CT molecular complexity index is 687. The van der Waals surface area contributed by atoms with Gasteiger partial charge >= 0.3 is 0 Å². The van der Waals surface area contributed by atoms with Crippen molar-refractivity contribution >= 4 is 15.9 Å². The molecule has 1 aliphatic carbocycles. The van der Waals surface area contributed by atoms with E-state index in [0.29, 0.717) is 37.0 Å². The van der Waals surface area contributed by atoms with Gasteiger partial charge in [-0.05, 0) is 42.9 Å². The number of carbonyl (C=O) groups excluding carboxylic acids is 1. The van der Waals surface area contributed by atoms with Gasteiger partial charge in [0.05, 0.1) is 4.90 Å². The van der Waals surface area contributed by atoms with Crippen LogP contribution in [0.1, 0.15) is 44.6 Å². The third-order valence-electron chi connectivity index (χ3n) is 5.18. The zero-order chi connectivity index (χ0) is 17.3. The standard InChI is InChI=1S/C18H26N2O3S/c1-3-14(2)15-6-8-17(9-7-15)24(22,23)20-12-10-19(11-13-20)18(21)16-4-5-16/h6-9,14,16H,3-5,10-13H2,1-2H3/t14-/m0/s1. The van der Waals surface area contributed by atoms with E-state index in [1.165, 1.54) is 4.31 Å². The molecule has 5 nitrogen and oxygen atoms in total. The number of nitrogens with zero attached hydrogens (tertiary/aromatic N) is 2. The summed E-state index contributed by atoms with van der Waals surface area (Å²) in [5.74, 6) is 0.824. The van der Waals surface area contributed by atoms with E-state index in [9.17, 15) is 13.2 Å². The van der Waals surface area contributed by atoms with Crippen LogP contribution in [0.3, 0.4) is 0 Å². The summed E-state index contributed by atoms with van der Waals surface area (Å²) < 4.78 is 27.1. The Labute approximate surface area is 144 Å². The molecule has 0 spiro atoms. The Morgan fingerprint density at radius 2 is 1.71 bits per heavy atom. The molecule has 1 saturated carbocycles. The van der Waals surface area contributed by atoms with Crippen LogP contribution in [0.25, 0.3) is 0 Å². The molecule has 1 saturated heterocycles. The number of sulfonamides is 1. The molecule has 24 heavy (non-hydrogen) atoms. The van der Waals surface area contributed by atoms with Crippen molar-refractivity contribution in [2.24, 2.45) is 5.92 Å². The van der Waals surface area contributed by atoms with Crippen LogP contribution < -0.4 is 0 Å². The van der Waals surface area contributed by atoms with Crippen LogP contribution in [0.2, 0.25) is 0 Å². The van der Waals surface area contributed by atoms with E-state index in [1.54, 1.807) is 12.1 Å². The Kier molecular flexibility index (Phi) is 4.97. The summed E-state index contributed by atoms with van der Waals surface area (Å²) in [6, 6.07) is 7.24. The Morgan fingerprint density at radius 3 is 2.21 bits per heavy atom. The third kappa shape index (κ3) is 3.49. The number of hydrogen-bond acceptors (Lipinski definition) is 3. The highest BCUT2D eigenvalue weighted by Crippen LogP contribution is 2.31. The largest absolute Gasteiger partial charge is 0.340 e. The molecule has 6 heteroatoms. The van der Waals surface area contributed by atoms with Gasteiger partial charge in [-0.1, -0.05) is 26.0 Å². The summed E-state index contributed by atoms with van der Waals surface area (Å²) in [5, 5.41) is 0. The van der Waals surface area contributed by atoms with Crippen molar-refractivity contribution in [3.8, 4) is 0 Å². The van der Waals surface area contributed by atoms with Crippen molar-refractivity contribution in [3.05, 3.63) is 29.8 Å². The van der Waals surface area contributed by atoms with Crippen LogP contribution >= 0.6 is 0 Å². The number of amides is 1. The van der Waals surface area contributed by atoms with Crippen LogP contribution in [0, 0.1) is 5.92 Å². The van der Waals surface area contributed by atoms with Crippen molar-refractivity contribution in [1.29, 1.82) is 0 Å². The highest BCUT2D eigenvalue weighted by molar-refractivity contribution is 7.89. The zero-order valence-corrected chi connectivity index (χ0v) is 15.3. The number of benzene rings is 1. The summed E-state index contributed by atoms with van der Waals surface area (Å²) >= 11 is 0. The molecule has 1 heterocycles. The fourth-order valence-electron chi connectivity index (χ4n) is 3.09. The zero-order valence-electron chi connectivity index (χ0n) is 14.4. The van der Waals surface area contributed by atoms with Crippen LogP contribution in [0.4, 0.5) is 0 Å². The van der Waals surface area contributed by atoms with Crippen molar-refractivity contribution in [3.63, 3.8) is 0 Å². The first-order valence-electron chi connectivity index (χ1n) is 8.82. The second-order valence-electron chi connectivity index (χ2n) is 6.88. The Hall–Kier alpha value is -1.40. The van der Waals surface area contributed by atoms with Gasteiger partial charge in [0.2, 0.25) is 15.9 Å². The van der Waals surface area contributed by atoms with E-state index in [4.69, 9.17) is 0 Å². The van der Waals surface area contributed by atoms with Crippen molar-refractivity contribution < 1.29 is 13.2 Å². The highest BCUT2D eigenvalue weighted by atomic mass is 32.2. The minimum atomic E-state index is -3.47. The molecule has 1 aromatic rings. The molecule has 0 N–H and O–H groups in total. The predicted octanol–water partition coefficient (Wildman–Crippen LogP) is 2.44. The maximum absolute atomic E-state index is 12.8. The van der Waals surface area contributed by atoms with Crippen LogP contribution in [-0.4, -0.2) is 49.7 Å². The van der Waals surface area contributed by atoms with Crippen molar-refractivity contribution in [2.45, 2.75) is 43.9 Å². The van der Waals surface area contributed by atoms with Gasteiger partial charge in [-0.15, -0.1) is 0 Å². The van der Waals surface area contributed by atoms with Gasteiger partial charge in [0.1, 0.15) is 0 Å². The van der Waals surface area contributed by atoms with E-state index in [0.717, 1.165) is 24.8 Å². The minimum absolute atomic E-state index is 0.196. The summed E-state index contributed by atoms with van der Waals surface area (Å²) in [5.41, 5.74) is 1.16. The summed E-state index contributed by atoms with van der Waals surface area (Å²) in [6.07, 6.45) is 3.00. The molecule has 3 rings (SSSR count). The van der Waals surface area contributed by atoms with E-state index < -0.39 is 10.0 Å². The number of rotatable bonds is 5. The second kappa shape index (κ2) is 6.84. The topological polar surface area (TPSA) is 57.7 Å². The van der Waals surface area contributed by atoms with Crippen molar-refractivity contribution in [1.82, 2.24) is 9.21 Å². The van der Waals surface area contributed by atoms with Gasteiger partial charge in [-0.2, -0.15) is 4.31 Å². The quantitative estimate of drug-likeness (QED) is 0.819. The third-order valence-corrected chi connectivity index (χ3v) is 7.09. The normalized spacial score (nSPS) is 20.8. The van der Waals surface area contributed by atoms with Crippen LogP contribution in [0.5, 0.6) is 0 Å². The smallest absolute Gasteiger partial charge is 0.243 e. The lowest BCUT2D eigenvalue weighted by Crippen LogP contribution is -2.50. The number of piperazine rings is 1. The van der Waals surface area contributed by atoms with Gasteiger partial charge in [0, 0.05) is 32.1 Å². The molecule has 0 radical (unpaired) electrons. The Balaban J connectivity index is 1.66. The fraction of sp³-hybridized carbons (Fsp3) is 0.611. The summed E-state index contributed by atoms with van der Waals surface area (Å²) in [7, 11) is -3.47. The monoisotopic (exact) mass is 350 g/mol. The van der Waals surface area contributed by atoms with Crippen LogP contribution in [-0.2, 0) is 14.8 Å². The maximum atomic E-state index is 12.8. The molecule has 1 amide bonds. The lowest BCUT2D eigenvalue weighted by Gasteiger charge is -2.34. The SMILES string of the molecule is CC[C@H](C)c1ccc(S(=O)(=O)N2CCN(C(=O)C3CC3)CC2)cc1. The maximum Gasteiger partial charge on any atom is 0.243 e. The van der Waals surface area contributed by atoms with Gasteiger partial charge in [-0.25, -0.2) is 8.42 Å². The molecule has 1 aliphatic heterocycles. The summed E-state index contributed by atoms with van der Waals surface area (Å²) in [6.45, 7) is 6.03. The molecular weight excluding hydrogens is 324 g/mol. The second-order valence-corrected chi connectivity index (χ2v) is 8.82. The molecule has 2 aliphatic rings. The molecule has 0 unspecified atom stereocenters. The lowest BCUT2D eigenvalue weighted by molar-refractivity contribution is -0.133. The first kappa shape index (κ1) is 17.4. The fourth-order valence-corrected chi connectivity index (χ4v) is 4.51. The minimum Gasteiger partial charge on any atom is -0.340 e. The first-order chi connectivity index (χ1) is 11.4. The van der Waals surface area contributed by atoms with E-state index in [2.05, 4.69) is 13.8 Å².